The minimum absolute atomic E-state index is 0.0613. The summed E-state index contributed by atoms with van der Waals surface area (Å²) in [6, 6.07) is 13.4. The number of fused-ring (bicyclic) bond motifs is 1. The summed E-state index contributed by atoms with van der Waals surface area (Å²) in [7, 11) is -3.81. The van der Waals surface area contributed by atoms with Crippen LogP contribution in [0.3, 0.4) is 0 Å². The first-order valence-corrected chi connectivity index (χ1v) is 10.2. The van der Waals surface area contributed by atoms with Crippen LogP contribution in [0.1, 0.15) is 12.0 Å². The number of halogens is 1. The zero-order valence-electron chi connectivity index (χ0n) is 14.1. The van der Waals surface area contributed by atoms with E-state index in [9.17, 15) is 13.2 Å². The highest BCUT2D eigenvalue weighted by Gasteiger charge is 2.21. The minimum atomic E-state index is -3.81. The van der Waals surface area contributed by atoms with Crippen LogP contribution >= 0.6 is 11.6 Å². The Morgan fingerprint density at radius 2 is 1.81 bits per heavy atom. The summed E-state index contributed by atoms with van der Waals surface area (Å²) in [5.41, 5.74) is 2.51. The second-order valence-electron chi connectivity index (χ2n) is 6.22. The monoisotopic (exact) mass is 401 g/mol. The molecule has 0 atom stereocenters. The zero-order valence-corrected chi connectivity index (χ0v) is 15.7. The molecule has 1 aromatic heterocycles. The van der Waals surface area contributed by atoms with Crippen LogP contribution in [0.4, 0.5) is 11.4 Å². The fraction of sp³-hybridized carbons (Fsp3) is 0.105. The molecular weight excluding hydrogens is 386 g/mol. The molecule has 4 rings (SSSR count). The number of amides is 1. The van der Waals surface area contributed by atoms with Crippen LogP contribution in [-0.2, 0) is 21.2 Å². The molecule has 27 heavy (non-hydrogen) atoms. The third-order valence-corrected chi connectivity index (χ3v) is 5.97. The van der Waals surface area contributed by atoms with Gasteiger partial charge in [0, 0.05) is 29.5 Å². The standard InChI is InChI=1S/C19H16ClN3O3S/c20-14-4-6-17(18(12-14)23-9-1-2-10-23)22-27(25,26)15-5-7-16-13(11-15)3-8-19(24)21-16/h1-2,4-7,9-12,22H,3,8H2,(H,21,24). The van der Waals surface area contributed by atoms with Gasteiger partial charge in [-0.2, -0.15) is 0 Å². The van der Waals surface area contributed by atoms with Crippen molar-refractivity contribution in [2.45, 2.75) is 17.7 Å². The number of benzene rings is 2. The number of aryl methyl sites for hydroxylation is 1. The Morgan fingerprint density at radius 3 is 2.59 bits per heavy atom. The first-order valence-electron chi connectivity index (χ1n) is 8.31. The number of hydrogen-bond donors (Lipinski definition) is 2. The first kappa shape index (κ1) is 17.6. The highest BCUT2D eigenvalue weighted by atomic mass is 35.5. The fourth-order valence-corrected chi connectivity index (χ4v) is 4.32. The number of carbonyl (C=O) groups excluding carboxylic acids is 1. The predicted octanol–water partition coefficient (Wildman–Crippen LogP) is 3.82. The Kier molecular flexibility index (Phi) is 4.41. The third-order valence-electron chi connectivity index (χ3n) is 4.37. The molecule has 0 spiro atoms. The second kappa shape index (κ2) is 6.75. The number of carbonyl (C=O) groups is 1. The SMILES string of the molecule is O=C1CCc2cc(S(=O)(=O)Nc3ccc(Cl)cc3-n3cccc3)ccc2N1. The molecule has 0 saturated carbocycles. The maximum absolute atomic E-state index is 12.9. The summed E-state index contributed by atoms with van der Waals surface area (Å²) in [5, 5.41) is 3.26. The van der Waals surface area contributed by atoms with Crippen molar-refractivity contribution >= 4 is 38.9 Å². The lowest BCUT2D eigenvalue weighted by atomic mass is 10.0. The van der Waals surface area contributed by atoms with Gasteiger partial charge in [0.05, 0.1) is 16.3 Å². The average molecular weight is 402 g/mol. The van der Waals surface area contributed by atoms with E-state index >= 15 is 0 Å². The Balaban J connectivity index is 1.70. The van der Waals surface area contributed by atoms with Crippen molar-refractivity contribution in [3.05, 3.63) is 71.5 Å². The van der Waals surface area contributed by atoms with Gasteiger partial charge in [0.25, 0.3) is 10.0 Å². The van der Waals surface area contributed by atoms with Crippen LogP contribution in [0.15, 0.2) is 65.8 Å². The molecule has 8 heteroatoms. The summed E-state index contributed by atoms with van der Waals surface area (Å²) in [5.74, 6) is -0.0613. The van der Waals surface area contributed by atoms with E-state index in [0.717, 1.165) is 5.56 Å². The highest BCUT2D eigenvalue weighted by Crippen LogP contribution is 2.29. The van der Waals surface area contributed by atoms with Crippen LogP contribution in [0.5, 0.6) is 0 Å². The molecule has 0 aliphatic carbocycles. The topological polar surface area (TPSA) is 80.2 Å². The lowest BCUT2D eigenvalue weighted by Gasteiger charge is -2.18. The van der Waals surface area contributed by atoms with Crippen molar-refractivity contribution in [2.24, 2.45) is 0 Å². The van der Waals surface area contributed by atoms with E-state index in [0.29, 0.717) is 34.9 Å². The van der Waals surface area contributed by atoms with Crippen molar-refractivity contribution in [2.75, 3.05) is 10.0 Å². The molecule has 0 radical (unpaired) electrons. The average Bonchev–Trinajstić information content (AvgIpc) is 3.17. The summed E-state index contributed by atoms with van der Waals surface area (Å²) in [4.78, 5) is 11.6. The van der Waals surface area contributed by atoms with Gasteiger partial charge in [-0.25, -0.2) is 8.42 Å². The van der Waals surface area contributed by atoms with Crippen molar-refractivity contribution in [3.63, 3.8) is 0 Å². The van der Waals surface area contributed by atoms with Crippen LogP contribution in [0, 0.1) is 0 Å². The van der Waals surface area contributed by atoms with Crippen molar-refractivity contribution < 1.29 is 13.2 Å². The van der Waals surface area contributed by atoms with Gasteiger partial charge in [-0.15, -0.1) is 0 Å². The summed E-state index contributed by atoms with van der Waals surface area (Å²) < 4.78 is 30.3. The van der Waals surface area contributed by atoms with E-state index in [-0.39, 0.29) is 10.8 Å². The molecule has 1 amide bonds. The maximum atomic E-state index is 12.9. The van der Waals surface area contributed by atoms with E-state index in [2.05, 4.69) is 10.0 Å². The second-order valence-corrected chi connectivity index (χ2v) is 8.34. The molecule has 0 saturated heterocycles. The quantitative estimate of drug-likeness (QED) is 0.697. The Labute approximate surface area is 161 Å². The van der Waals surface area contributed by atoms with Crippen LogP contribution in [0.25, 0.3) is 5.69 Å². The van der Waals surface area contributed by atoms with E-state index in [1.54, 1.807) is 34.9 Å². The Morgan fingerprint density at radius 1 is 1.04 bits per heavy atom. The predicted molar refractivity (Wildman–Crippen MR) is 105 cm³/mol. The lowest BCUT2D eigenvalue weighted by molar-refractivity contribution is -0.116. The summed E-state index contributed by atoms with van der Waals surface area (Å²) in [6.45, 7) is 0. The molecule has 138 valence electrons. The van der Waals surface area contributed by atoms with Gasteiger partial charge in [0.1, 0.15) is 0 Å². The molecule has 0 unspecified atom stereocenters. The molecule has 2 aromatic carbocycles. The van der Waals surface area contributed by atoms with Gasteiger partial charge in [0.2, 0.25) is 5.91 Å². The van der Waals surface area contributed by atoms with Crippen LogP contribution in [-0.4, -0.2) is 18.9 Å². The van der Waals surface area contributed by atoms with Gasteiger partial charge in [-0.1, -0.05) is 11.6 Å². The molecule has 0 fully saturated rings. The van der Waals surface area contributed by atoms with E-state index in [4.69, 9.17) is 11.6 Å². The van der Waals surface area contributed by atoms with E-state index in [1.165, 1.54) is 6.07 Å². The molecular formula is C19H16ClN3O3S. The number of nitrogens with zero attached hydrogens (tertiary/aromatic N) is 1. The molecule has 1 aliphatic rings. The molecule has 0 bridgehead atoms. The fourth-order valence-electron chi connectivity index (χ4n) is 3.03. The number of nitrogens with one attached hydrogen (secondary N) is 2. The zero-order chi connectivity index (χ0) is 19.0. The number of aromatic nitrogens is 1. The van der Waals surface area contributed by atoms with Gasteiger partial charge in [-0.05, 0) is 60.5 Å². The first-order chi connectivity index (χ1) is 12.9. The highest BCUT2D eigenvalue weighted by molar-refractivity contribution is 7.92. The largest absolute Gasteiger partial charge is 0.326 e. The van der Waals surface area contributed by atoms with Gasteiger partial charge in [0.15, 0.2) is 0 Å². The minimum Gasteiger partial charge on any atom is -0.326 e. The number of hydrogen-bond acceptors (Lipinski definition) is 3. The summed E-state index contributed by atoms with van der Waals surface area (Å²) >= 11 is 6.09. The number of rotatable bonds is 4. The maximum Gasteiger partial charge on any atom is 0.261 e. The van der Waals surface area contributed by atoms with Gasteiger partial charge in [-0.3, -0.25) is 9.52 Å². The van der Waals surface area contributed by atoms with Crippen LogP contribution < -0.4 is 10.0 Å². The van der Waals surface area contributed by atoms with Crippen molar-refractivity contribution in [1.82, 2.24) is 4.57 Å². The van der Waals surface area contributed by atoms with Gasteiger partial charge < -0.3 is 9.88 Å². The Bertz CT molecular complexity index is 1130. The van der Waals surface area contributed by atoms with Crippen molar-refractivity contribution in [1.29, 1.82) is 0 Å². The van der Waals surface area contributed by atoms with Crippen LogP contribution in [0.2, 0.25) is 5.02 Å². The normalized spacial score (nSPS) is 13.7. The molecule has 1 aliphatic heterocycles. The third kappa shape index (κ3) is 3.56. The number of sulfonamides is 1. The Hall–Kier alpha value is -2.77. The van der Waals surface area contributed by atoms with E-state index < -0.39 is 10.0 Å². The molecule has 6 nitrogen and oxygen atoms in total. The molecule has 2 N–H and O–H groups in total. The summed E-state index contributed by atoms with van der Waals surface area (Å²) in [6.07, 6.45) is 4.48. The van der Waals surface area contributed by atoms with Crippen molar-refractivity contribution in [3.8, 4) is 5.69 Å². The smallest absolute Gasteiger partial charge is 0.261 e. The molecule has 2 heterocycles. The lowest BCUT2D eigenvalue weighted by Crippen LogP contribution is -2.20. The van der Waals surface area contributed by atoms with Gasteiger partial charge >= 0.3 is 0 Å². The van der Waals surface area contributed by atoms with E-state index in [1.807, 2.05) is 24.5 Å². The number of anilines is 2. The molecule has 3 aromatic rings.